The van der Waals surface area contributed by atoms with Gasteiger partial charge in [-0.25, -0.2) is 0 Å². The molecule has 5 heteroatoms. The lowest BCUT2D eigenvalue weighted by atomic mass is 10.0. The third-order valence-corrected chi connectivity index (χ3v) is 12.0. The van der Waals surface area contributed by atoms with E-state index >= 15 is 0 Å². The third-order valence-electron chi connectivity index (χ3n) is 12.0. The SMILES string of the molecule is CCCCCCCCC/C=C/CC/C=C/CC/C=C/C(O)C(CO)NC(=O)C(O)CCCCCCCCCCCCCCCCCCCCCCCCCCCCC. The highest BCUT2D eigenvalue weighted by molar-refractivity contribution is 5.80. The summed E-state index contributed by atoms with van der Waals surface area (Å²) in [6.07, 6.45) is 62.1. The molecule has 0 aliphatic heterocycles. The molecule has 0 aliphatic rings. The van der Waals surface area contributed by atoms with Gasteiger partial charge in [-0.1, -0.05) is 262 Å². The molecule has 0 aromatic carbocycles. The van der Waals surface area contributed by atoms with Crippen LogP contribution in [0.4, 0.5) is 0 Å². The number of aliphatic hydroxyl groups is 3. The molecule has 0 aromatic heterocycles. The van der Waals surface area contributed by atoms with Crippen LogP contribution in [0.2, 0.25) is 0 Å². The lowest BCUT2D eigenvalue weighted by Gasteiger charge is -2.21. The number of nitrogens with one attached hydrogen (secondary N) is 1. The number of hydrogen-bond donors (Lipinski definition) is 4. The van der Waals surface area contributed by atoms with Crippen LogP contribution in [0.5, 0.6) is 0 Å². The third kappa shape index (κ3) is 42.7. The van der Waals surface area contributed by atoms with Crippen molar-refractivity contribution in [2.45, 2.75) is 289 Å². The van der Waals surface area contributed by atoms with Crippen LogP contribution in [-0.2, 0) is 4.79 Å². The van der Waals surface area contributed by atoms with Gasteiger partial charge in [0.15, 0.2) is 0 Å². The highest BCUT2D eigenvalue weighted by Crippen LogP contribution is 2.17. The van der Waals surface area contributed by atoms with Crippen molar-refractivity contribution in [1.82, 2.24) is 5.32 Å². The highest BCUT2D eigenvalue weighted by atomic mass is 16.3. The second-order valence-electron chi connectivity index (χ2n) is 17.7. The van der Waals surface area contributed by atoms with Crippen LogP contribution in [-0.4, -0.2) is 46.1 Å². The van der Waals surface area contributed by atoms with Crippen LogP contribution in [0.3, 0.4) is 0 Å². The minimum absolute atomic E-state index is 0.379. The van der Waals surface area contributed by atoms with E-state index in [1.807, 2.05) is 6.08 Å². The van der Waals surface area contributed by atoms with Gasteiger partial charge in [0.1, 0.15) is 6.10 Å². The first-order valence-electron chi connectivity index (χ1n) is 25.8. The molecule has 0 aromatic rings. The Morgan fingerprint density at radius 1 is 0.414 bits per heavy atom. The van der Waals surface area contributed by atoms with Gasteiger partial charge in [-0.15, -0.1) is 0 Å². The molecule has 3 unspecified atom stereocenters. The molecule has 0 rings (SSSR count). The largest absolute Gasteiger partial charge is 0.394 e. The molecule has 342 valence electrons. The maximum absolute atomic E-state index is 12.5. The molecule has 0 heterocycles. The van der Waals surface area contributed by atoms with Gasteiger partial charge in [0.2, 0.25) is 5.91 Å². The Kier molecular flexibility index (Phi) is 47.0. The summed E-state index contributed by atoms with van der Waals surface area (Å²) >= 11 is 0. The van der Waals surface area contributed by atoms with Crippen LogP contribution in [0, 0.1) is 0 Å². The fourth-order valence-electron chi connectivity index (χ4n) is 7.92. The molecule has 1 amide bonds. The first kappa shape index (κ1) is 56.6. The summed E-state index contributed by atoms with van der Waals surface area (Å²) in [5, 5.41) is 33.2. The van der Waals surface area contributed by atoms with Crippen LogP contribution >= 0.6 is 0 Å². The van der Waals surface area contributed by atoms with E-state index in [0.29, 0.717) is 6.42 Å². The first-order chi connectivity index (χ1) is 28.6. The van der Waals surface area contributed by atoms with Crippen molar-refractivity contribution in [1.29, 1.82) is 0 Å². The van der Waals surface area contributed by atoms with Crippen molar-refractivity contribution in [2.24, 2.45) is 0 Å². The molecule has 0 bridgehead atoms. The summed E-state index contributed by atoms with van der Waals surface area (Å²) in [6.45, 7) is 4.18. The average molecular weight is 816 g/mol. The predicted molar refractivity (Wildman–Crippen MR) is 254 cm³/mol. The van der Waals surface area contributed by atoms with Crippen LogP contribution in [0.1, 0.15) is 271 Å². The standard InChI is InChI=1S/C53H101NO4/c1-3-5-7-9-11-13-15-17-19-21-22-23-24-25-26-27-28-29-30-32-34-36-38-40-42-44-46-48-52(57)53(58)54-50(49-55)51(56)47-45-43-41-39-37-35-33-31-20-18-16-14-12-10-8-6-4-2/h20,31,37,39,45,47,50-52,55-57H,3-19,21-30,32-36,38,40-44,46,48-49H2,1-2H3,(H,54,58)/b31-20+,39-37+,47-45+. The maximum atomic E-state index is 12.5. The van der Waals surface area contributed by atoms with Crippen LogP contribution in [0.15, 0.2) is 36.5 Å². The van der Waals surface area contributed by atoms with Crippen molar-refractivity contribution < 1.29 is 20.1 Å². The number of allylic oxidation sites excluding steroid dienone is 5. The highest BCUT2D eigenvalue weighted by Gasteiger charge is 2.22. The Bertz CT molecular complexity index is 901. The number of aliphatic hydroxyl groups excluding tert-OH is 3. The zero-order valence-electron chi connectivity index (χ0n) is 38.9. The molecular formula is C53H101NO4. The van der Waals surface area contributed by atoms with Gasteiger partial charge in [0.05, 0.1) is 18.8 Å². The quantitative estimate of drug-likeness (QED) is 0.0364. The molecule has 0 aliphatic carbocycles. The van der Waals surface area contributed by atoms with E-state index in [-0.39, 0.29) is 6.61 Å². The van der Waals surface area contributed by atoms with Crippen LogP contribution in [0.25, 0.3) is 0 Å². The van der Waals surface area contributed by atoms with Gasteiger partial charge < -0.3 is 20.6 Å². The van der Waals surface area contributed by atoms with Gasteiger partial charge in [-0.3, -0.25) is 4.79 Å². The lowest BCUT2D eigenvalue weighted by molar-refractivity contribution is -0.131. The Balaban J connectivity index is 3.60. The van der Waals surface area contributed by atoms with E-state index in [1.54, 1.807) is 6.08 Å². The van der Waals surface area contributed by atoms with E-state index in [2.05, 4.69) is 43.5 Å². The van der Waals surface area contributed by atoms with E-state index in [1.165, 1.54) is 205 Å². The second-order valence-corrected chi connectivity index (χ2v) is 17.7. The van der Waals surface area contributed by atoms with Crippen molar-refractivity contribution in [2.75, 3.05) is 6.61 Å². The van der Waals surface area contributed by atoms with E-state index in [4.69, 9.17) is 0 Å². The monoisotopic (exact) mass is 816 g/mol. The number of carbonyl (C=O) groups is 1. The molecule has 4 N–H and O–H groups in total. The van der Waals surface area contributed by atoms with Crippen LogP contribution < -0.4 is 5.32 Å². The van der Waals surface area contributed by atoms with E-state index in [0.717, 1.165) is 44.9 Å². The van der Waals surface area contributed by atoms with Crippen molar-refractivity contribution in [3.63, 3.8) is 0 Å². The van der Waals surface area contributed by atoms with Gasteiger partial charge in [0.25, 0.3) is 0 Å². The molecule has 3 atom stereocenters. The normalized spacial score (nSPS) is 13.7. The Labute approximate surface area is 362 Å². The summed E-state index contributed by atoms with van der Waals surface area (Å²) in [4.78, 5) is 12.5. The number of amides is 1. The second kappa shape index (κ2) is 48.2. The first-order valence-corrected chi connectivity index (χ1v) is 25.8. The topological polar surface area (TPSA) is 89.8 Å². The molecule has 5 nitrogen and oxygen atoms in total. The lowest BCUT2D eigenvalue weighted by Crippen LogP contribution is -2.48. The van der Waals surface area contributed by atoms with Gasteiger partial charge >= 0.3 is 0 Å². The summed E-state index contributed by atoms with van der Waals surface area (Å²) < 4.78 is 0. The number of unbranched alkanes of at least 4 members (excludes halogenated alkanes) is 35. The molecule has 0 fully saturated rings. The average Bonchev–Trinajstić information content (AvgIpc) is 3.23. The summed E-state index contributed by atoms with van der Waals surface area (Å²) in [5.41, 5.74) is 0. The van der Waals surface area contributed by atoms with E-state index < -0.39 is 24.2 Å². The molecule has 0 spiro atoms. The van der Waals surface area contributed by atoms with Crippen molar-refractivity contribution in [3.05, 3.63) is 36.5 Å². The zero-order valence-corrected chi connectivity index (χ0v) is 38.9. The number of carbonyl (C=O) groups excluding carboxylic acids is 1. The molecule has 0 saturated carbocycles. The molecular weight excluding hydrogens is 715 g/mol. The summed E-state index contributed by atoms with van der Waals surface area (Å²) in [7, 11) is 0. The van der Waals surface area contributed by atoms with Gasteiger partial charge in [0, 0.05) is 0 Å². The van der Waals surface area contributed by atoms with Crippen molar-refractivity contribution in [3.8, 4) is 0 Å². The minimum Gasteiger partial charge on any atom is -0.394 e. The minimum atomic E-state index is -1.11. The summed E-state index contributed by atoms with van der Waals surface area (Å²) in [6, 6.07) is -0.819. The zero-order chi connectivity index (χ0) is 42.3. The predicted octanol–water partition coefficient (Wildman–Crippen LogP) is 15.5. The maximum Gasteiger partial charge on any atom is 0.249 e. The van der Waals surface area contributed by atoms with Crippen molar-refractivity contribution >= 4 is 5.91 Å². The summed E-state index contributed by atoms with van der Waals surface area (Å²) in [5.74, 6) is -0.513. The molecule has 0 saturated heterocycles. The number of hydrogen-bond acceptors (Lipinski definition) is 4. The number of rotatable bonds is 47. The Morgan fingerprint density at radius 2 is 0.707 bits per heavy atom. The Hall–Kier alpha value is -1.43. The smallest absolute Gasteiger partial charge is 0.249 e. The van der Waals surface area contributed by atoms with Gasteiger partial charge in [-0.2, -0.15) is 0 Å². The van der Waals surface area contributed by atoms with E-state index in [9.17, 15) is 20.1 Å². The fraction of sp³-hybridized carbons (Fsp3) is 0.868. The fourth-order valence-corrected chi connectivity index (χ4v) is 7.92. The molecule has 58 heavy (non-hydrogen) atoms. The molecule has 0 radical (unpaired) electrons. The Morgan fingerprint density at radius 3 is 1.05 bits per heavy atom. The van der Waals surface area contributed by atoms with Gasteiger partial charge in [-0.05, 0) is 44.9 Å².